The summed E-state index contributed by atoms with van der Waals surface area (Å²) < 4.78 is 10.7. The summed E-state index contributed by atoms with van der Waals surface area (Å²) in [5, 5.41) is 10.0. The molecule has 0 aliphatic rings. The number of aliphatic hydroxyl groups is 1. The number of benzene rings is 3. The van der Waals surface area contributed by atoms with E-state index in [9.17, 15) is 9.90 Å². The monoisotopic (exact) mass is 459 g/mol. The van der Waals surface area contributed by atoms with Crippen molar-refractivity contribution < 1.29 is 14.6 Å². The fourth-order valence-corrected chi connectivity index (χ4v) is 4.24. The van der Waals surface area contributed by atoms with Gasteiger partial charge < -0.3 is 19.6 Å². The molecule has 0 atom stereocenters. The van der Waals surface area contributed by atoms with Gasteiger partial charge in [-0.15, -0.1) is 0 Å². The maximum atomic E-state index is 12.9. The molecule has 0 spiro atoms. The van der Waals surface area contributed by atoms with Gasteiger partial charge in [-0.2, -0.15) is 0 Å². The first kappa shape index (κ1) is 23.5. The van der Waals surface area contributed by atoms with E-state index in [1.807, 2.05) is 36.4 Å². The number of fused-ring (bicyclic) bond motifs is 1. The lowest BCUT2D eigenvalue weighted by atomic mass is 9.96. The number of nitrogens with zero attached hydrogens (tertiary/aromatic N) is 2. The van der Waals surface area contributed by atoms with Gasteiger partial charge in [0.2, 0.25) is 0 Å². The lowest BCUT2D eigenvalue weighted by Gasteiger charge is -2.32. The normalized spacial score (nSPS) is 11.3. The molecule has 2 N–H and O–H groups in total. The molecule has 3 aromatic carbocycles. The largest absolute Gasteiger partial charge is 0.493 e. The quantitative estimate of drug-likeness (QED) is 0.374. The lowest BCUT2D eigenvalue weighted by molar-refractivity contribution is 0.183. The van der Waals surface area contributed by atoms with Crippen LogP contribution in [0.15, 0.2) is 77.6 Å². The van der Waals surface area contributed by atoms with Gasteiger partial charge in [-0.3, -0.25) is 9.69 Å². The third-order valence-corrected chi connectivity index (χ3v) is 5.81. The van der Waals surface area contributed by atoms with Gasteiger partial charge >= 0.3 is 0 Å². The number of H-pyrrole nitrogens is 1. The van der Waals surface area contributed by atoms with Crippen LogP contribution < -0.4 is 15.0 Å². The molecule has 0 aliphatic heterocycles. The minimum atomic E-state index is -0.237. The van der Waals surface area contributed by atoms with Crippen LogP contribution in [-0.2, 0) is 6.54 Å². The van der Waals surface area contributed by atoms with Crippen molar-refractivity contribution in [3.8, 4) is 11.5 Å². The molecule has 0 bridgehead atoms. The second-order valence-corrected chi connectivity index (χ2v) is 8.01. The molecular formula is C27H29N3O4. The van der Waals surface area contributed by atoms with Gasteiger partial charge in [-0.25, -0.2) is 4.98 Å². The Morgan fingerprint density at radius 2 is 1.53 bits per heavy atom. The highest BCUT2D eigenvalue weighted by Crippen LogP contribution is 2.32. The molecule has 0 saturated carbocycles. The van der Waals surface area contributed by atoms with Crippen LogP contribution in [0.5, 0.6) is 11.5 Å². The number of aromatic nitrogens is 2. The van der Waals surface area contributed by atoms with Crippen molar-refractivity contribution in [2.45, 2.75) is 19.0 Å². The topological polar surface area (TPSA) is 87.7 Å². The Kier molecular flexibility index (Phi) is 7.57. The van der Waals surface area contributed by atoms with E-state index in [-0.39, 0.29) is 18.2 Å². The highest BCUT2D eigenvalue weighted by Gasteiger charge is 2.23. The third-order valence-electron chi connectivity index (χ3n) is 5.81. The number of rotatable bonds is 10. The van der Waals surface area contributed by atoms with Crippen molar-refractivity contribution in [1.82, 2.24) is 14.9 Å². The van der Waals surface area contributed by atoms with Gasteiger partial charge in [0, 0.05) is 19.2 Å². The molecule has 0 saturated heterocycles. The van der Waals surface area contributed by atoms with Crippen LogP contribution in [-0.4, -0.2) is 47.3 Å². The lowest BCUT2D eigenvalue weighted by Crippen LogP contribution is -2.32. The molecule has 4 aromatic rings. The van der Waals surface area contributed by atoms with Gasteiger partial charge in [0.15, 0.2) is 11.5 Å². The molecule has 34 heavy (non-hydrogen) atoms. The molecule has 1 heterocycles. The summed E-state index contributed by atoms with van der Waals surface area (Å²) in [4.78, 5) is 22.8. The number of ether oxygens (including phenoxy) is 2. The number of aromatic amines is 1. The van der Waals surface area contributed by atoms with Gasteiger partial charge in [-0.05, 0) is 23.6 Å². The highest BCUT2D eigenvalue weighted by atomic mass is 16.5. The van der Waals surface area contributed by atoms with E-state index in [0.717, 1.165) is 11.1 Å². The van der Waals surface area contributed by atoms with Crippen LogP contribution in [0.4, 0.5) is 0 Å². The van der Waals surface area contributed by atoms with E-state index in [4.69, 9.17) is 14.5 Å². The first-order valence-corrected chi connectivity index (χ1v) is 11.2. The summed E-state index contributed by atoms with van der Waals surface area (Å²) in [6.07, 6.45) is 0.596. The molecule has 0 amide bonds. The molecule has 0 fully saturated rings. The van der Waals surface area contributed by atoms with Crippen molar-refractivity contribution in [1.29, 1.82) is 0 Å². The fourth-order valence-electron chi connectivity index (χ4n) is 4.24. The number of aliphatic hydroxyl groups excluding tert-OH is 1. The van der Waals surface area contributed by atoms with Crippen LogP contribution >= 0.6 is 0 Å². The number of hydrogen-bond acceptors (Lipinski definition) is 6. The fraction of sp³-hybridized carbons (Fsp3) is 0.259. The Labute approximate surface area is 198 Å². The first-order valence-electron chi connectivity index (χ1n) is 11.2. The predicted molar refractivity (Wildman–Crippen MR) is 132 cm³/mol. The minimum absolute atomic E-state index is 0.0691. The maximum absolute atomic E-state index is 12.9. The average molecular weight is 460 g/mol. The van der Waals surface area contributed by atoms with E-state index in [2.05, 4.69) is 34.1 Å². The van der Waals surface area contributed by atoms with Crippen molar-refractivity contribution in [2.24, 2.45) is 0 Å². The summed E-state index contributed by atoms with van der Waals surface area (Å²) in [5.74, 6) is 1.54. The van der Waals surface area contributed by atoms with Crippen molar-refractivity contribution in [3.63, 3.8) is 0 Å². The van der Waals surface area contributed by atoms with E-state index < -0.39 is 0 Å². The Morgan fingerprint density at radius 3 is 2.09 bits per heavy atom. The molecule has 0 radical (unpaired) electrons. The molecule has 7 nitrogen and oxygen atoms in total. The number of methoxy groups -OCH3 is 2. The summed E-state index contributed by atoms with van der Waals surface area (Å²) in [6.45, 7) is 1.10. The Balaban J connectivity index is 1.77. The summed E-state index contributed by atoms with van der Waals surface area (Å²) in [6, 6.07) is 23.7. The second kappa shape index (κ2) is 11.0. The van der Waals surface area contributed by atoms with Crippen molar-refractivity contribution >= 4 is 10.9 Å². The molecule has 1 aromatic heterocycles. The minimum Gasteiger partial charge on any atom is -0.493 e. The zero-order chi connectivity index (χ0) is 23.9. The standard InChI is InChI=1S/C27H29N3O4/c1-33-23-16-21-22(17-24(23)34-2)28-25(29-27(21)32)18-30(14-9-15-31)26(19-10-5-3-6-11-19)20-12-7-4-8-13-20/h3-8,10-13,16-17,26,31H,9,14-15,18H2,1-2H3,(H,28,29,32). The second-order valence-electron chi connectivity index (χ2n) is 8.01. The first-order chi connectivity index (χ1) is 16.6. The van der Waals surface area contributed by atoms with Gasteiger partial charge in [0.05, 0.1) is 37.7 Å². The van der Waals surface area contributed by atoms with Gasteiger partial charge in [0.1, 0.15) is 5.82 Å². The van der Waals surface area contributed by atoms with Crippen LogP contribution in [0.1, 0.15) is 29.4 Å². The highest BCUT2D eigenvalue weighted by molar-refractivity contribution is 5.81. The number of hydrogen-bond donors (Lipinski definition) is 2. The predicted octanol–water partition coefficient (Wildman–Crippen LogP) is 3.91. The average Bonchev–Trinajstić information content (AvgIpc) is 2.88. The maximum Gasteiger partial charge on any atom is 0.258 e. The Hall–Kier alpha value is -3.68. The van der Waals surface area contributed by atoms with E-state index in [1.165, 1.54) is 7.11 Å². The van der Waals surface area contributed by atoms with Crippen LogP contribution in [0.3, 0.4) is 0 Å². The van der Waals surface area contributed by atoms with Crippen LogP contribution in [0.25, 0.3) is 10.9 Å². The zero-order valence-corrected chi connectivity index (χ0v) is 19.4. The molecule has 4 rings (SSSR count). The molecular weight excluding hydrogens is 430 g/mol. The Morgan fingerprint density at radius 1 is 0.941 bits per heavy atom. The van der Waals surface area contributed by atoms with E-state index in [0.29, 0.717) is 47.7 Å². The molecule has 0 aliphatic carbocycles. The number of nitrogens with one attached hydrogen (secondary N) is 1. The smallest absolute Gasteiger partial charge is 0.258 e. The SMILES string of the molecule is COc1cc2nc(CN(CCCO)C(c3ccccc3)c3ccccc3)[nH]c(=O)c2cc1OC. The van der Waals surface area contributed by atoms with Crippen LogP contribution in [0.2, 0.25) is 0 Å². The summed E-state index contributed by atoms with van der Waals surface area (Å²) >= 11 is 0. The zero-order valence-electron chi connectivity index (χ0n) is 19.4. The molecule has 176 valence electrons. The molecule has 7 heteroatoms. The van der Waals surface area contributed by atoms with Crippen LogP contribution in [0, 0.1) is 0 Å². The third kappa shape index (κ3) is 5.11. The Bertz CT molecular complexity index is 1240. The van der Waals surface area contributed by atoms with Crippen molar-refractivity contribution in [2.75, 3.05) is 27.4 Å². The summed E-state index contributed by atoms with van der Waals surface area (Å²) in [7, 11) is 3.09. The summed E-state index contributed by atoms with van der Waals surface area (Å²) in [5.41, 5.74) is 2.55. The molecule has 0 unspecified atom stereocenters. The van der Waals surface area contributed by atoms with E-state index in [1.54, 1.807) is 19.2 Å². The van der Waals surface area contributed by atoms with E-state index >= 15 is 0 Å². The van der Waals surface area contributed by atoms with Crippen molar-refractivity contribution in [3.05, 3.63) is 100 Å². The van der Waals surface area contributed by atoms with Gasteiger partial charge in [0.25, 0.3) is 5.56 Å². The van der Waals surface area contributed by atoms with Gasteiger partial charge in [-0.1, -0.05) is 60.7 Å².